The highest BCUT2D eigenvalue weighted by molar-refractivity contribution is 6.05. The molecule has 0 aliphatic rings. The van der Waals surface area contributed by atoms with Gasteiger partial charge in [-0.05, 0) is 36.8 Å². The molecule has 0 aromatic heterocycles. The van der Waals surface area contributed by atoms with Gasteiger partial charge in [-0.1, -0.05) is 17.3 Å². The zero-order valence-electron chi connectivity index (χ0n) is 11.1. The molecule has 0 saturated carbocycles. The van der Waals surface area contributed by atoms with E-state index in [0.29, 0.717) is 23.0 Å². The lowest BCUT2D eigenvalue weighted by Crippen LogP contribution is -2.14. The Morgan fingerprint density at radius 1 is 1.14 bits per heavy atom. The molecule has 2 aromatic carbocycles. The maximum Gasteiger partial charge on any atom is 0.258 e. The number of rotatable bonds is 3. The Kier molecular flexibility index (Phi) is 4.27. The molecule has 0 aliphatic heterocycles. The second kappa shape index (κ2) is 6.13. The highest BCUT2D eigenvalue weighted by atomic mass is 19.1. The molecule has 2 N–H and O–H groups in total. The quantitative estimate of drug-likeness (QED) is 0.517. The van der Waals surface area contributed by atoms with Crippen LogP contribution in [0.4, 0.5) is 14.5 Å². The molecule has 0 fully saturated rings. The van der Waals surface area contributed by atoms with Gasteiger partial charge in [0.1, 0.15) is 11.6 Å². The Morgan fingerprint density at radius 3 is 2.38 bits per heavy atom. The summed E-state index contributed by atoms with van der Waals surface area (Å²) in [5.74, 6) is -2.34. The monoisotopic (exact) mass is 290 g/mol. The second-order valence-electron chi connectivity index (χ2n) is 4.34. The summed E-state index contributed by atoms with van der Waals surface area (Å²) in [5, 5.41) is 14.2. The molecule has 2 rings (SSSR count). The van der Waals surface area contributed by atoms with Gasteiger partial charge in [-0.15, -0.1) is 0 Å². The number of hydrogen-bond acceptors (Lipinski definition) is 3. The highest BCUT2D eigenvalue weighted by Crippen LogP contribution is 2.14. The number of nitrogens with one attached hydrogen (secondary N) is 1. The van der Waals surface area contributed by atoms with Crippen LogP contribution in [-0.2, 0) is 0 Å². The Hall–Kier alpha value is -2.76. The van der Waals surface area contributed by atoms with Crippen molar-refractivity contribution in [2.75, 3.05) is 5.32 Å². The van der Waals surface area contributed by atoms with Crippen molar-refractivity contribution in [3.05, 3.63) is 65.2 Å². The molecule has 0 saturated heterocycles. The molecule has 2 aromatic rings. The molecule has 21 heavy (non-hydrogen) atoms. The van der Waals surface area contributed by atoms with Gasteiger partial charge < -0.3 is 10.5 Å². The predicted molar refractivity (Wildman–Crippen MR) is 74.8 cm³/mol. The first-order chi connectivity index (χ1) is 10.0. The first-order valence-electron chi connectivity index (χ1n) is 6.07. The number of nitrogens with zero attached hydrogens (tertiary/aromatic N) is 1. The Morgan fingerprint density at radius 2 is 1.81 bits per heavy atom. The largest absolute Gasteiger partial charge is 0.411 e. The zero-order chi connectivity index (χ0) is 15.4. The standard InChI is InChI=1S/C15H12F2N2O2/c1-9(19-21)10-2-5-12(6-3-10)18-15(20)13-7-4-11(16)8-14(13)17/h2-8,21H,1H3,(H,18,20)/b19-9+. The fourth-order valence-electron chi connectivity index (χ4n) is 1.72. The van der Waals surface area contributed by atoms with E-state index in [1.807, 2.05) is 0 Å². The summed E-state index contributed by atoms with van der Waals surface area (Å²) in [5.41, 5.74) is 1.31. The van der Waals surface area contributed by atoms with Gasteiger partial charge in [0.2, 0.25) is 0 Å². The van der Waals surface area contributed by atoms with Crippen LogP contribution in [-0.4, -0.2) is 16.8 Å². The van der Waals surface area contributed by atoms with Crippen molar-refractivity contribution < 1.29 is 18.8 Å². The van der Waals surface area contributed by atoms with Crippen LogP contribution in [0.3, 0.4) is 0 Å². The molecule has 0 radical (unpaired) electrons. The van der Waals surface area contributed by atoms with Gasteiger partial charge in [0.25, 0.3) is 5.91 Å². The first-order valence-corrected chi connectivity index (χ1v) is 6.07. The van der Waals surface area contributed by atoms with E-state index >= 15 is 0 Å². The smallest absolute Gasteiger partial charge is 0.258 e. The van der Waals surface area contributed by atoms with Crippen LogP contribution in [0, 0.1) is 11.6 Å². The van der Waals surface area contributed by atoms with Crippen molar-refractivity contribution in [2.45, 2.75) is 6.92 Å². The van der Waals surface area contributed by atoms with E-state index < -0.39 is 17.5 Å². The maximum absolute atomic E-state index is 13.5. The van der Waals surface area contributed by atoms with Gasteiger partial charge in [0, 0.05) is 11.8 Å². The Labute approximate surface area is 119 Å². The molecule has 0 aliphatic carbocycles. The lowest BCUT2D eigenvalue weighted by Gasteiger charge is -2.07. The van der Waals surface area contributed by atoms with Crippen LogP contribution in [0.15, 0.2) is 47.6 Å². The molecule has 0 unspecified atom stereocenters. The van der Waals surface area contributed by atoms with Crippen LogP contribution in [0.2, 0.25) is 0 Å². The van der Waals surface area contributed by atoms with Gasteiger partial charge >= 0.3 is 0 Å². The van der Waals surface area contributed by atoms with Crippen LogP contribution >= 0.6 is 0 Å². The minimum atomic E-state index is -0.924. The normalized spacial score (nSPS) is 11.3. The van der Waals surface area contributed by atoms with E-state index in [2.05, 4.69) is 10.5 Å². The van der Waals surface area contributed by atoms with Crippen molar-refractivity contribution >= 4 is 17.3 Å². The number of amides is 1. The topological polar surface area (TPSA) is 61.7 Å². The summed E-state index contributed by atoms with van der Waals surface area (Å²) in [6.07, 6.45) is 0. The summed E-state index contributed by atoms with van der Waals surface area (Å²) in [6, 6.07) is 9.21. The molecule has 1 amide bonds. The van der Waals surface area contributed by atoms with Crippen molar-refractivity contribution in [2.24, 2.45) is 5.16 Å². The summed E-state index contributed by atoms with van der Waals surface area (Å²) in [4.78, 5) is 11.9. The SMILES string of the molecule is C/C(=N\O)c1ccc(NC(=O)c2ccc(F)cc2F)cc1. The van der Waals surface area contributed by atoms with Crippen molar-refractivity contribution in [3.63, 3.8) is 0 Å². The van der Waals surface area contributed by atoms with E-state index in [4.69, 9.17) is 5.21 Å². The molecule has 0 bridgehead atoms. The third-order valence-electron chi connectivity index (χ3n) is 2.89. The summed E-state index contributed by atoms with van der Waals surface area (Å²) in [7, 11) is 0. The fraction of sp³-hybridized carbons (Fsp3) is 0.0667. The molecular formula is C15H12F2N2O2. The Balaban J connectivity index is 2.16. The fourth-order valence-corrected chi connectivity index (χ4v) is 1.72. The number of hydrogen-bond donors (Lipinski definition) is 2. The number of carbonyl (C=O) groups is 1. The summed E-state index contributed by atoms with van der Waals surface area (Å²) in [6.45, 7) is 1.63. The van der Waals surface area contributed by atoms with Gasteiger partial charge in [-0.3, -0.25) is 4.79 Å². The maximum atomic E-state index is 13.5. The van der Waals surface area contributed by atoms with E-state index in [-0.39, 0.29) is 5.56 Å². The van der Waals surface area contributed by atoms with E-state index in [0.717, 1.165) is 12.1 Å². The average molecular weight is 290 g/mol. The van der Waals surface area contributed by atoms with Crippen LogP contribution in [0.25, 0.3) is 0 Å². The number of halogens is 2. The number of anilines is 1. The molecular weight excluding hydrogens is 278 g/mol. The minimum absolute atomic E-state index is 0.242. The van der Waals surface area contributed by atoms with Gasteiger partial charge in [-0.25, -0.2) is 8.78 Å². The van der Waals surface area contributed by atoms with Gasteiger partial charge in [0.15, 0.2) is 0 Å². The average Bonchev–Trinajstić information content (AvgIpc) is 2.47. The summed E-state index contributed by atoms with van der Waals surface area (Å²) >= 11 is 0. The molecule has 0 spiro atoms. The first kappa shape index (κ1) is 14.6. The predicted octanol–water partition coefficient (Wildman–Crippen LogP) is 3.42. The zero-order valence-corrected chi connectivity index (χ0v) is 11.1. The van der Waals surface area contributed by atoms with Crippen LogP contribution in [0.1, 0.15) is 22.8 Å². The minimum Gasteiger partial charge on any atom is -0.411 e. The molecule has 6 heteroatoms. The second-order valence-corrected chi connectivity index (χ2v) is 4.34. The van der Waals surface area contributed by atoms with Crippen molar-refractivity contribution in [3.8, 4) is 0 Å². The van der Waals surface area contributed by atoms with Crippen molar-refractivity contribution in [1.29, 1.82) is 0 Å². The third kappa shape index (κ3) is 3.42. The van der Waals surface area contributed by atoms with E-state index in [1.165, 1.54) is 0 Å². The molecule has 108 valence electrons. The van der Waals surface area contributed by atoms with Gasteiger partial charge in [-0.2, -0.15) is 0 Å². The molecule has 4 nitrogen and oxygen atoms in total. The number of benzene rings is 2. The lowest BCUT2D eigenvalue weighted by molar-refractivity contribution is 0.102. The van der Waals surface area contributed by atoms with E-state index in [1.54, 1.807) is 31.2 Å². The number of oxime groups is 1. The molecule has 0 atom stereocenters. The Bertz CT molecular complexity index is 697. The van der Waals surface area contributed by atoms with Crippen LogP contribution in [0.5, 0.6) is 0 Å². The number of carbonyl (C=O) groups excluding carboxylic acids is 1. The molecule has 0 heterocycles. The third-order valence-corrected chi connectivity index (χ3v) is 2.89. The van der Waals surface area contributed by atoms with E-state index in [9.17, 15) is 13.6 Å². The van der Waals surface area contributed by atoms with Crippen LogP contribution < -0.4 is 5.32 Å². The van der Waals surface area contributed by atoms with Crippen molar-refractivity contribution in [1.82, 2.24) is 0 Å². The summed E-state index contributed by atoms with van der Waals surface area (Å²) < 4.78 is 26.3. The van der Waals surface area contributed by atoms with Gasteiger partial charge in [0.05, 0.1) is 11.3 Å². The lowest BCUT2D eigenvalue weighted by atomic mass is 10.1. The highest BCUT2D eigenvalue weighted by Gasteiger charge is 2.12.